The lowest BCUT2D eigenvalue weighted by molar-refractivity contribution is -0.116. The van der Waals surface area contributed by atoms with Gasteiger partial charge in [-0.25, -0.2) is 4.79 Å². The molecule has 0 atom stereocenters. The highest BCUT2D eigenvalue weighted by molar-refractivity contribution is 6.31. The van der Waals surface area contributed by atoms with Gasteiger partial charge >= 0.3 is 5.69 Å². The third-order valence-corrected chi connectivity index (χ3v) is 6.22. The zero-order chi connectivity index (χ0) is 25.3. The molecular formula is C25H26ClN5O4. The van der Waals surface area contributed by atoms with Crippen molar-refractivity contribution in [3.63, 3.8) is 0 Å². The fourth-order valence-electron chi connectivity index (χ4n) is 4.11. The van der Waals surface area contributed by atoms with E-state index in [1.165, 1.54) is 11.7 Å². The van der Waals surface area contributed by atoms with E-state index in [0.29, 0.717) is 34.2 Å². The van der Waals surface area contributed by atoms with Crippen LogP contribution in [0.25, 0.3) is 11.0 Å². The van der Waals surface area contributed by atoms with E-state index in [1.54, 1.807) is 23.7 Å². The van der Waals surface area contributed by atoms with Crippen LogP contribution in [0, 0.1) is 13.8 Å². The maximum Gasteiger partial charge on any atom is 0.332 e. The van der Waals surface area contributed by atoms with Gasteiger partial charge < -0.3 is 10.1 Å². The lowest BCUT2D eigenvalue weighted by atomic mass is 10.2. The van der Waals surface area contributed by atoms with Crippen molar-refractivity contribution in [1.82, 2.24) is 18.9 Å². The Labute approximate surface area is 206 Å². The van der Waals surface area contributed by atoms with Gasteiger partial charge in [0.05, 0.1) is 25.0 Å². The van der Waals surface area contributed by atoms with Crippen LogP contribution in [-0.2, 0) is 24.4 Å². The summed E-state index contributed by atoms with van der Waals surface area (Å²) >= 11 is 6.17. The standard InChI is InChI=1S/C25H26ClN5O4/c1-5-31-23-22(16(3)28-31)29(25(34)30(24(23)33)13-17-9-7-6-8-10-17)14-21(32)27-19-11-15(2)18(26)12-20(19)35-4/h6-12H,5,13-14H2,1-4H3,(H,27,32). The number of fused-ring (bicyclic) bond motifs is 1. The number of nitrogens with zero attached hydrogens (tertiary/aromatic N) is 4. The topological polar surface area (TPSA) is 100 Å². The van der Waals surface area contributed by atoms with Gasteiger partial charge in [-0.15, -0.1) is 0 Å². The second-order valence-corrected chi connectivity index (χ2v) is 8.60. The Kier molecular flexibility index (Phi) is 6.79. The van der Waals surface area contributed by atoms with Crippen LogP contribution in [0.4, 0.5) is 5.69 Å². The summed E-state index contributed by atoms with van der Waals surface area (Å²) in [5, 5.41) is 7.74. The summed E-state index contributed by atoms with van der Waals surface area (Å²) in [6.07, 6.45) is 0. The summed E-state index contributed by atoms with van der Waals surface area (Å²) in [7, 11) is 1.48. The maximum atomic E-state index is 13.5. The van der Waals surface area contributed by atoms with E-state index in [-0.39, 0.29) is 18.6 Å². The fourth-order valence-corrected chi connectivity index (χ4v) is 4.26. The van der Waals surface area contributed by atoms with Crippen molar-refractivity contribution in [2.75, 3.05) is 12.4 Å². The molecule has 0 aliphatic carbocycles. The van der Waals surface area contributed by atoms with Crippen LogP contribution in [0.1, 0.15) is 23.7 Å². The van der Waals surface area contributed by atoms with E-state index in [4.69, 9.17) is 16.3 Å². The van der Waals surface area contributed by atoms with E-state index >= 15 is 0 Å². The van der Waals surface area contributed by atoms with Gasteiger partial charge in [-0.1, -0.05) is 41.9 Å². The number of nitrogens with one attached hydrogen (secondary N) is 1. The smallest absolute Gasteiger partial charge is 0.332 e. The number of hydrogen-bond acceptors (Lipinski definition) is 5. The molecule has 0 bridgehead atoms. The Morgan fingerprint density at radius 2 is 1.80 bits per heavy atom. The maximum absolute atomic E-state index is 13.5. The van der Waals surface area contributed by atoms with Crippen LogP contribution in [0.3, 0.4) is 0 Å². The van der Waals surface area contributed by atoms with E-state index in [9.17, 15) is 14.4 Å². The number of carbonyl (C=O) groups is 1. The molecule has 0 radical (unpaired) electrons. The number of methoxy groups -OCH3 is 1. The number of ether oxygens (including phenoxy) is 1. The number of anilines is 1. The molecule has 0 aliphatic heterocycles. The van der Waals surface area contributed by atoms with Gasteiger partial charge in [-0.2, -0.15) is 5.10 Å². The Balaban J connectivity index is 1.82. The van der Waals surface area contributed by atoms with Crippen molar-refractivity contribution in [2.24, 2.45) is 0 Å². The minimum absolute atomic E-state index is 0.0776. The summed E-state index contributed by atoms with van der Waals surface area (Å²) in [4.78, 5) is 40.0. The first kappa shape index (κ1) is 24.3. The first-order valence-electron chi connectivity index (χ1n) is 11.1. The summed E-state index contributed by atoms with van der Waals surface area (Å²) < 4.78 is 9.35. The highest BCUT2D eigenvalue weighted by Gasteiger charge is 2.22. The third-order valence-electron chi connectivity index (χ3n) is 5.81. The molecule has 1 amide bonds. The highest BCUT2D eigenvalue weighted by Crippen LogP contribution is 2.31. The van der Waals surface area contributed by atoms with Crippen LogP contribution in [-0.4, -0.2) is 31.9 Å². The number of benzene rings is 2. The number of aromatic nitrogens is 4. The van der Waals surface area contributed by atoms with Gasteiger partial charge in [0.1, 0.15) is 17.8 Å². The molecule has 9 nitrogen and oxygen atoms in total. The quantitative estimate of drug-likeness (QED) is 0.424. The van der Waals surface area contributed by atoms with E-state index < -0.39 is 17.2 Å². The molecule has 4 aromatic rings. The number of aryl methyl sites for hydroxylation is 3. The molecule has 35 heavy (non-hydrogen) atoms. The monoisotopic (exact) mass is 495 g/mol. The second kappa shape index (κ2) is 9.79. The van der Waals surface area contributed by atoms with Crippen LogP contribution < -0.4 is 21.3 Å². The predicted molar refractivity (Wildman–Crippen MR) is 136 cm³/mol. The lowest BCUT2D eigenvalue weighted by Gasteiger charge is -2.15. The number of carbonyl (C=O) groups excluding carboxylic acids is 1. The largest absolute Gasteiger partial charge is 0.495 e. The molecule has 182 valence electrons. The first-order valence-corrected chi connectivity index (χ1v) is 11.5. The van der Waals surface area contributed by atoms with E-state index in [2.05, 4.69) is 10.4 Å². The number of halogens is 1. The van der Waals surface area contributed by atoms with Crippen molar-refractivity contribution >= 4 is 34.2 Å². The molecule has 2 heterocycles. The molecule has 0 saturated carbocycles. The highest BCUT2D eigenvalue weighted by atomic mass is 35.5. The van der Waals surface area contributed by atoms with Crippen molar-refractivity contribution in [3.8, 4) is 5.75 Å². The molecule has 0 unspecified atom stereocenters. The van der Waals surface area contributed by atoms with Crippen molar-refractivity contribution < 1.29 is 9.53 Å². The molecule has 1 N–H and O–H groups in total. The summed E-state index contributed by atoms with van der Waals surface area (Å²) in [6.45, 7) is 5.60. The summed E-state index contributed by atoms with van der Waals surface area (Å²) in [5.74, 6) is -0.0579. The average molecular weight is 496 g/mol. The Hall–Kier alpha value is -3.85. The molecule has 2 aromatic carbocycles. The van der Waals surface area contributed by atoms with Crippen LogP contribution in [0.5, 0.6) is 5.75 Å². The summed E-state index contributed by atoms with van der Waals surface area (Å²) in [5.41, 5.74) is 2.09. The van der Waals surface area contributed by atoms with Gasteiger partial charge in [-0.05, 0) is 38.0 Å². The normalized spacial score (nSPS) is 11.1. The third kappa shape index (κ3) is 4.59. The predicted octanol–water partition coefficient (Wildman–Crippen LogP) is 3.35. The van der Waals surface area contributed by atoms with Gasteiger partial charge in [0.2, 0.25) is 5.91 Å². The molecule has 0 saturated heterocycles. The molecular weight excluding hydrogens is 470 g/mol. The zero-order valence-corrected chi connectivity index (χ0v) is 20.7. The molecule has 2 aromatic heterocycles. The Morgan fingerprint density at radius 3 is 2.46 bits per heavy atom. The van der Waals surface area contributed by atoms with Crippen LogP contribution in [0.15, 0.2) is 52.1 Å². The lowest BCUT2D eigenvalue weighted by Crippen LogP contribution is -2.42. The molecule has 10 heteroatoms. The second-order valence-electron chi connectivity index (χ2n) is 8.19. The minimum atomic E-state index is -0.584. The summed E-state index contributed by atoms with van der Waals surface area (Å²) in [6, 6.07) is 12.5. The molecule has 0 aliphatic rings. The van der Waals surface area contributed by atoms with Crippen molar-refractivity contribution in [1.29, 1.82) is 0 Å². The van der Waals surface area contributed by atoms with Gasteiger partial charge in [-0.3, -0.25) is 23.4 Å². The van der Waals surface area contributed by atoms with Gasteiger partial charge in [0.25, 0.3) is 5.56 Å². The van der Waals surface area contributed by atoms with Gasteiger partial charge in [0, 0.05) is 17.6 Å². The molecule has 4 rings (SSSR count). The van der Waals surface area contributed by atoms with Crippen molar-refractivity contribution in [3.05, 3.63) is 85.1 Å². The van der Waals surface area contributed by atoms with Crippen LogP contribution in [0.2, 0.25) is 5.02 Å². The van der Waals surface area contributed by atoms with Crippen molar-refractivity contribution in [2.45, 2.75) is 40.4 Å². The SMILES string of the molecule is CCn1nc(C)c2c1c(=O)n(Cc1ccccc1)c(=O)n2CC(=O)Nc1cc(C)c(Cl)cc1OC. The number of hydrogen-bond donors (Lipinski definition) is 1. The molecule has 0 spiro atoms. The fraction of sp³-hybridized carbons (Fsp3) is 0.280. The van der Waals surface area contributed by atoms with E-state index in [1.807, 2.05) is 44.2 Å². The minimum Gasteiger partial charge on any atom is -0.495 e. The van der Waals surface area contributed by atoms with Crippen LogP contribution >= 0.6 is 11.6 Å². The first-order chi connectivity index (χ1) is 16.7. The van der Waals surface area contributed by atoms with Gasteiger partial charge in [0.15, 0.2) is 5.52 Å². The van der Waals surface area contributed by atoms with E-state index in [0.717, 1.165) is 15.7 Å². The number of amides is 1. The molecule has 0 fully saturated rings. The average Bonchev–Trinajstić information content (AvgIpc) is 3.18. The Bertz CT molecular complexity index is 1540. The number of rotatable bonds is 7. The Morgan fingerprint density at radius 1 is 1.09 bits per heavy atom. The zero-order valence-electron chi connectivity index (χ0n) is 20.0.